The van der Waals surface area contributed by atoms with Gasteiger partial charge in [-0.05, 0) is 38.6 Å². The largest absolute Gasteiger partial charge is 0.391 e. The SMILES string of the molecule is CN(C1CCCCCC1O)C(CN)C1CC1. The summed E-state index contributed by atoms with van der Waals surface area (Å²) >= 11 is 0. The van der Waals surface area contributed by atoms with Gasteiger partial charge in [-0.15, -0.1) is 0 Å². The Morgan fingerprint density at radius 3 is 2.50 bits per heavy atom. The molecule has 3 heteroatoms. The summed E-state index contributed by atoms with van der Waals surface area (Å²) in [5.74, 6) is 0.797. The molecular weight excluding hydrogens is 200 g/mol. The first-order valence-corrected chi connectivity index (χ1v) is 6.84. The van der Waals surface area contributed by atoms with Crippen LogP contribution in [0.2, 0.25) is 0 Å². The molecule has 2 saturated carbocycles. The lowest BCUT2D eigenvalue weighted by Gasteiger charge is -2.36. The number of rotatable bonds is 4. The summed E-state index contributed by atoms with van der Waals surface area (Å²) in [6.45, 7) is 0.740. The molecule has 0 saturated heterocycles. The average Bonchev–Trinajstić information content (AvgIpc) is 3.07. The summed E-state index contributed by atoms with van der Waals surface area (Å²) in [7, 11) is 2.16. The second-order valence-electron chi connectivity index (χ2n) is 5.58. The van der Waals surface area contributed by atoms with Crippen LogP contribution in [-0.4, -0.2) is 41.8 Å². The molecule has 3 nitrogen and oxygen atoms in total. The summed E-state index contributed by atoms with van der Waals surface area (Å²) in [5.41, 5.74) is 5.88. The number of likely N-dealkylation sites (N-methyl/N-ethyl adjacent to an activating group) is 1. The van der Waals surface area contributed by atoms with E-state index in [2.05, 4.69) is 11.9 Å². The van der Waals surface area contributed by atoms with E-state index < -0.39 is 0 Å². The van der Waals surface area contributed by atoms with Crippen LogP contribution in [0.4, 0.5) is 0 Å². The molecule has 94 valence electrons. The first-order valence-electron chi connectivity index (χ1n) is 6.84. The molecule has 2 fully saturated rings. The van der Waals surface area contributed by atoms with E-state index >= 15 is 0 Å². The van der Waals surface area contributed by atoms with Crippen LogP contribution in [0.1, 0.15) is 44.9 Å². The second kappa shape index (κ2) is 5.48. The van der Waals surface area contributed by atoms with Gasteiger partial charge in [0.15, 0.2) is 0 Å². The summed E-state index contributed by atoms with van der Waals surface area (Å²) < 4.78 is 0. The number of nitrogens with zero attached hydrogens (tertiary/aromatic N) is 1. The van der Waals surface area contributed by atoms with Gasteiger partial charge in [-0.3, -0.25) is 4.90 Å². The molecule has 0 radical (unpaired) electrons. The van der Waals surface area contributed by atoms with Crippen molar-refractivity contribution in [3.63, 3.8) is 0 Å². The lowest BCUT2D eigenvalue weighted by Crippen LogP contribution is -2.50. The van der Waals surface area contributed by atoms with Gasteiger partial charge in [-0.2, -0.15) is 0 Å². The van der Waals surface area contributed by atoms with Crippen LogP contribution in [0, 0.1) is 5.92 Å². The Morgan fingerprint density at radius 1 is 1.19 bits per heavy atom. The zero-order valence-corrected chi connectivity index (χ0v) is 10.4. The van der Waals surface area contributed by atoms with Crippen LogP contribution in [0.15, 0.2) is 0 Å². The molecule has 0 heterocycles. The van der Waals surface area contributed by atoms with Crippen molar-refractivity contribution in [3.05, 3.63) is 0 Å². The molecule has 2 aliphatic rings. The number of nitrogens with two attached hydrogens (primary N) is 1. The Morgan fingerprint density at radius 2 is 1.88 bits per heavy atom. The van der Waals surface area contributed by atoms with Gasteiger partial charge >= 0.3 is 0 Å². The van der Waals surface area contributed by atoms with Crippen LogP contribution in [-0.2, 0) is 0 Å². The van der Waals surface area contributed by atoms with Gasteiger partial charge in [0.1, 0.15) is 0 Å². The predicted molar refractivity (Wildman–Crippen MR) is 66.2 cm³/mol. The van der Waals surface area contributed by atoms with Crippen molar-refractivity contribution in [2.24, 2.45) is 11.7 Å². The van der Waals surface area contributed by atoms with Crippen molar-refractivity contribution in [1.82, 2.24) is 4.90 Å². The molecule has 3 unspecified atom stereocenters. The van der Waals surface area contributed by atoms with Crippen LogP contribution in [0.3, 0.4) is 0 Å². The van der Waals surface area contributed by atoms with Gasteiger partial charge in [0.25, 0.3) is 0 Å². The third-order valence-electron chi connectivity index (χ3n) is 4.40. The highest BCUT2D eigenvalue weighted by atomic mass is 16.3. The molecule has 0 spiro atoms. The maximum absolute atomic E-state index is 10.2. The molecule has 0 aromatic heterocycles. The Bertz CT molecular complexity index is 218. The van der Waals surface area contributed by atoms with Gasteiger partial charge in [0, 0.05) is 18.6 Å². The minimum Gasteiger partial charge on any atom is -0.391 e. The quantitative estimate of drug-likeness (QED) is 0.711. The van der Waals surface area contributed by atoms with Crippen molar-refractivity contribution in [2.75, 3.05) is 13.6 Å². The maximum atomic E-state index is 10.2. The van der Waals surface area contributed by atoms with E-state index in [1.165, 1.54) is 32.1 Å². The fraction of sp³-hybridized carbons (Fsp3) is 1.00. The van der Waals surface area contributed by atoms with Gasteiger partial charge in [0.2, 0.25) is 0 Å². The van der Waals surface area contributed by atoms with Gasteiger partial charge < -0.3 is 10.8 Å². The summed E-state index contributed by atoms with van der Waals surface area (Å²) in [4.78, 5) is 2.38. The topological polar surface area (TPSA) is 49.5 Å². The van der Waals surface area contributed by atoms with E-state index in [9.17, 15) is 5.11 Å². The highest BCUT2D eigenvalue weighted by molar-refractivity contribution is 4.92. The van der Waals surface area contributed by atoms with Crippen LogP contribution in [0.25, 0.3) is 0 Å². The van der Waals surface area contributed by atoms with E-state index in [1.807, 2.05) is 0 Å². The Labute approximate surface area is 99.0 Å². The van der Waals surface area contributed by atoms with Gasteiger partial charge in [-0.25, -0.2) is 0 Å². The molecule has 16 heavy (non-hydrogen) atoms. The molecule has 2 aliphatic carbocycles. The summed E-state index contributed by atoms with van der Waals surface area (Å²) in [6, 6.07) is 0.842. The van der Waals surface area contributed by atoms with Crippen LogP contribution in [0.5, 0.6) is 0 Å². The van der Waals surface area contributed by atoms with Crippen LogP contribution >= 0.6 is 0 Å². The Kier molecular flexibility index (Phi) is 4.22. The number of aliphatic hydroxyl groups is 1. The van der Waals surface area contributed by atoms with Gasteiger partial charge in [-0.1, -0.05) is 19.3 Å². The number of hydrogen-bond acceptors (Lipinski definition) is 3. The van der Waals surface area contributed by atoms with E-state index in [0.29, 0.717) is 12.1 Å². The lowest BCUT2D eigenvalue weighted by molar-refractivity contribution is 0.0324. The van der Waals surface area contributed by atoms with E-state index in [4.69, 9.17) is 5.73 Å². The van der Waals surface area contributed by atoms with Crippen molar-refractivity contribution < 1.29 is 5.11 Å². The molecule has 0 bridgehead atoms. The molecule has 0 amide bonds. The minimum atomic E-state index is -0.139. The second-order valence-corrected chi connectivity index (χ2v) is 5.58. The molecular formula is C13H26N2O. The van der Waals surface area contributed by atoms with E-state index in [-0.39, 0.29) is 6.10 Å². The first kappa shape index (κ1) is 12.3. The molecule has 0 aromatic carbocycles. The number of aliphatic hydroxyl groups excluding tert-OH is 1. The normalized spacial score (nSPS) is 33.8. The smallest absolute Gasteiger partial charge is 0.0695 e. The third kappa shape index (κ3) is 2.76. The van der Waals surface area contributed by atoms with Gasteiger partial charge in [0.05, 0.1) is 6.10 Å². The van der Waals surface area contributed by atoms with Crippen molar-refractivity contribution in [3.8, 4) is 0 Å². The fourth-order valence-corrected chi connectivity index (χ4v) is 3.16. The van der Waals surface area contributed by atoms with E-state index in [0.717, 1.165) is 25.3 Å². The highest BCUT2D eigenvalue weighted by Gasteiger charge is 2.37. The maximum Gasteiger partial charge on any atom is 0.0695 e. The standard InChI is InChI=1S/C13H26N2O/c1-15(12(9-14)10-7-8-10)11-5-3-2-4-6-13(11)16/h10-13,16H,2-9,14H2,1H3. The zero-order chi connectivity index (χ0) is 11.5. The van der Waals surface area contributed by atoms with Crippen molar-refractivity contribution in [2.45, 2.75) is 63.1 Å². The van der Waals surface area contributed by atoms with E-state index in [1.54, 1.807) is 0 Å². The summed E-state index contributed by atoms with van der Waals surface area (Å²) in [5, 5.41) is 10.2. The molecule has 3 atom stereocenters. The molecule has 3 N–H and O–H groups in total. The molecule has 2 rings (SSSR count). The number of hydrogen-bond donors (Lipinski definition) is 2. The van der Waals surface area contributed by atoms with Crippen molar-refractivity contribution >= 4 is 0 Å². The Balaban J connectivity index is 1.96. The average molecular weight is 226 g/mol. The monoisotopic (exact) mass is 226 g/mol. The fourth-order valence-electron chi connectivity index (χ4n) is 3.16. The highest BCUT2D eigenvalue weighted by Crippen LogP contribution is 2.36. The molecule has 0 aromatic rings. The van der Waals surface area contributed by atoms with Crippen molar-refractivity contribution in [1.29, 1.82) is 0 Å². The Hall–Kier alpha value is -0.120. The lowest BCUT2D eigenvalue weighted by atomic mass is 10.0. The zero-order valence-electron chi connectivity index (χ0n) is 10.4. The van der Waals surface area contributed by atoms with Crippen LogP contribution < -0.4 is 5.73 Å². The minimum absolute atomic E-state index is 0.139. The first-order chi connectivity index (χ1) is 7.74. The predicted octanol–water partition coefficient (Wildman–Crippen LogP) is 1.35. The molecule has 0 aliphatic heterocycles. The third-order valence-corrected chi connectivity index (χ3v) is 4.40. The summed E-state index contributed by atoms with van der Waals surface area (Å²) in [6.07, 6.45) is 8.34.